The standard InChI is InChI=1S/C8H16O/c1-7(5-6-9)8(2,3)4/h6-7H,5H2,1-4H3. The highest BCUT2D eigenvalue weighted by atomic mass is 16.1. The molecule has 0 bridgehead atoms. The van der Waals surface area contributed by atoms with E-state index in [9.17, 15) is 4.79 Å². The van der Waals surface area contributed by atoms with Gasteiger partial charge in [-0.25, -0.2) is 0 Å². The zero-order valence-electron chi connectivity index (χ0n) is 6.77. The Kier molecular flexibility index (Phi) is 2.89. The lowest BCUT2D eigenvalue weighted by molar-refractivity contribution is -0.109. The summed E-state index contributed by atoms with van der Waals surface area (Å²) >= 11 is 0. The minimum atomic E-state index is 0.279. The molecule has 0 N–H and O–H groups in total. The van der Waals surface area contributed by atoms with Gasteiger partial charge in [-0.3, -0.25) is 0 Å². The molecule has 0 radical (unpaired) electrons. The first-order chi connectivity index (χ1) is 3.98. The summed E-state index contributed by atoms with van der Waals surface area (Å²) in [7, 11) is 0. The van der Waals surface area contributed by atoms with Crippen molar-refractivity contribution in [3.8, 4) is 0 Å². The maximum Gasteiger partial charge on any atom is 0.120 e. The fraction of sp³-hybridized carbons (Fsp3) is 0.875. The van der Waals surface area contributed by atoms with Gasteiger partial charge >= 0.3 is 0 Å². The Balaban J connectivity index is 3.72. The van der Waals surface area contributed by atoms with Crippen molar-refractivity contribution < 1.29 is 4.79 Å². The molecule has 9 heavy (non-hydrogen) atoms. The van der Waals surface area contributed by atoms with Gasteiger partial charge in [0.1, 0.15) is 6.29 Å². The van der Waals surface area contributed by atoms with Gasteiger partial charge in [0.15, 0.2) is 0 Å². The van der Waals surface area contributed by atoms with Gasteiger partial charge in [0.2, 0.25) is 0 Å². The maximum atomic E-state index is 10.1. The molecule has 0 heterocycles. The van der Waals surface area contributed by atoms with Crippen LogP contribution in [0.2, 0.25) is 0 Å². The minimum Gasteiger partial charge on any atom is -0.303 e. The number of aldehydes is 1. The van der Waals surface area contributed by atoms with E-state index in [1.165, 1.54) is 0 Å². The molecule has 0 aliphatic heterocycles. The van der Waals surface area contributed by atoms with Gasteiger partial charge in [0, 0.05) is 6.42 Å². The van der Waals surface area contributed by atoms with Crippen LogP contribution in [-0.4, -0.2) is 6.29 Å². The van der Waals surface area contributed by atoms with Crippen molar-refractivity contribution in [2.24, 2.45) is 11.3 Å². The summed E-state index contributed by atoms with van der Waals surface area (Å²) < 4.78 is 0. The molecule has 54 valence electrons. The van der Waals surface area contributed by atoms with Gasteiger partial charge < -0.3 is 4.79 Å². The van der Waals surface area contributed by atoms with Crippen molar-refractivity contribution >= 4 is 6.29 Å². The topological polar surface area (TPSA) is 17.1 Å². The Bertz CT molecular complexity index is 89.2. The van der Waals surface area contributed by atoms with E-state index in [4.69, 9.17) is 0 Å². The highest BCUT2D eigenvalue weighted by Gasteiger charge is 2.18. The van der Waals surface area contributed by atoms with E-state index in [2.05, 4.69) is 27.7 Å². The average Bonchev–Trinajstić information content (AvgIpc) is 1.64. The van der Waals surface area contributed by atoms with E-state index in [1.807, 2.05) is 0 Å². The number of carbonyl (C=O) groups is 1. The highest BCUT2D eigenvalue weighted by molar-refractivity contribution is 5.49. The van der Waals surface area contributed by atoms with Gasteiger partial charge in [0.05, 0.1) is 0 Å². The van der Waals surface area contributed by atoms with Crippen molar-refractivity contribution in [2.45, 2.75) is 34.1 Å². The normalized spacial score (nSPS) is 15.1. The van der Waals surface area contributed by atoms with E-state index in [1.54, 1.807) is 0 Å². The van der Waals surface area contributed by atoms with E-state index in [-0.39, 0.29) is 5.41 Å². The molecule has 0 rings (SSSR count). The lowest BCUT2D eigenvalue weighted by Crippen LogP contribution is -2.17. The number of carbonyl (C=O) groups excluding carboxylic acids is 1. The third-order valence-electron chi connectivity index (χ3n) is 1.93. The fourth-order valence-electron chi connectivity index (χ4n) is 0.498. The smallest absolute Gasteiger partial charge is 0.120 e. The van der Waals surface area contributed by atoms with Crippen molar-refractivity contribution in [1.29, 1.82) is 0 Å². The monoisotopic (exact) mass is 128 g/mol. The third kappa shape index (κ3) is 3.28. The van der Waals surface area contributed by atoms with E-state index in [0.29, 0.717) is 12.3 Å². The predicted octanol–water partition coefficient (Wildman–Crippen LogP) is 2.26. The molecular weight excluding hydrogens is 112 g/mol. The molecule has 0 aromatic heterocycles. The molecule has 1 heteroatoms. The minimum absolute atomic E-state index is 0.279. The van der Waals surface area contributed by atoms with E-state index in [0.717, 1.165) is 6.29 Å². The van der Waals surface area contributed by atoms with Crippen LogP contribution in [0.3, 0.4) is 0 Å². The van der Waals surface area contributed by atoms with Crippen LogP contribution in [0, 0.1) is 11.3 Å². The Labute approximate surface area is 57.5 Å². The molecule has 0 aliphatic rings. The van der Waals surface area contributed by atoms with Gasteiger partial charge in [-0.2, -0.15) is 0 Å². The molecule has 0 amide bonds. The molecular formula is C8H16O. The Hall–Kier alpha value is -0.330. The molecule has 1 nitrogen and oxygen atoms in total. The van der Waals surface area contributed by atoms with Crippen LogP contribution in [0.4, 0.5) is 0 Å². The van der Waals surface area contributed by atoms with Crippen molar-refractivity contribution in [2.75, 3.05) is 0 Å². The second-order valence-corrected chi connectivity index (χ2v) is 3.67. The lowest BCUT2D eigenvalue weighted by Gasteiger charge is -2.24. The molecule has 0 saturated heterocycles. The summed E-state index contributed by atoms with van der Waals surface area (Å²) in [6.45, 7) is 8.57. The van der Waals surface area contributed by atoms with Crippen LogP contribution in [0.15, 0.2) is 0 Å². The molecule has 0 aromatic carbocycles. The SMILES string of the molecule is CC(CC=O)C(C)(C)C. The van der Waals surface area contributed by atoms with E-state index < -0.39 is 0 Å². The molecule has 0 aliphatic carbocycles. The number of hydrogen-bond acceptors (Lipinski definition) is 1. The van der Waals surface area contributed by atoms with Gasteiger partial charge in [0.25, 0.3) is 0 Å². The summed E-state index contributed by atoms with van der Waals surface area (Å²) in [5.74, 6) is 0.495. The maximum absolute atomic E-state index is 10.1. The van der Waals surface area contributed by atoms with Crippen LogP contribution in [-0.2, 0) is 4.79 Å². The van der Waals surface area contributed by atoms with Gasteiger partial charge in [-0.05, 0) is 11.3 Å². The van der Waals surface area contributed by atoms with Crippen molar-refractivity contribution in [3.05, 3.63) is 0 Å². The molecule has 0 saturated carbocycles. The second kappa shape index (κ2) is 3.00. The zero-order chi connectivity index (χ0) is 7.49. The number of hydrogen-bond donors (Lipinski definition) is 0. The first-order valence-electron chi connectivity index (χ1n) is 3.42. The van der Waals surface area contributed by atoms with Crippen LogP contribution < -0.4 is 0 Å². The second-order valence-electron chi connectivity index (χ2n) is 3.67. The summed E-state index contributed by atoms with van der Waals surface area (Å²) in [5.41, 5.74) is 0.279. The van der Waals surface area contributed by atoms with Crippen LogP contribution in [0.1, 0.15) is 34.1 Å². The predicted molar refractivity (Wildman–Crippen MR) is 39.3 cm³/mol. The van der Waals surface area contributed by atoms with Crippen LogP contribution in [0.5, 0.6) is 0 Å². The van der Waals surface area contributed by atoms with Crippen molar-refractivity contribution in [1.82, 2.24) is 0 Å². The molecule has 0 aromatic rings. The largest absolute Gasteiger partial charge is 0.303 e. The lowest BCUT2D eigenvalue weighted by atomic mass is 9.80. The average molecular weight is 128 g/mol. The van der Waals surface area contributed by atoms with Crippen LogP contribution >= 0.6 is 0 Å². The van der Waals surface area contributed by atoms with Gasteiger partial charge in [-0.15, -0.1) is 0 Å². The highest BCUT2D eigenvalue weighted by Crippen LogP contribution is 2.26. The molecule has 0 spiro atoms. The first-order valence-corrected chi connectivity index (χ1v) is 3.42. The van der Waals surface area contributed by atoms with Crippen LogP contribution in [0.25, 0.3) is 0 Å². The summed E-state index contributed by atoms with van der Waals surface area (Å²) in [4.78, 5) is 10.1. The van der Waals surface area contributed by atoms with Crippen molar-refractivity contribution in [3.63, 3.8) is 0 Å². The Morgan fingerprint density at radius 1 is 1.44 bits per heavy atom. The Morgan fingerprint density at radius 3 is 2.00 bits per heavy atom. The van der Waals surface area contributed by atoms with E-state index >= 15 is 0 Å². The first kappa shape index (κ1) is 8.67. The molecule has 1 unspecified atom stereocenters. The number of rotatable bonds is 2. The Morgan fingerprint density at radius 2 is 1.89 bits per heavy atom. The zero-order valence-corrected chi connectivity index (χ0v) is 6.77. The molecule has 0 fully saturated rings. The molecule has 1 atom stereocenters. The summed E-state index contributed by atoms with van der Waals surface area (Å²) in [5, 5.41) is 0. The van der Waals surface area contributed by atoms with Gasteiger partial charge in [-0.1, -0.05) is 27.7 Å². The quantitative estimate of drug-likeness (QED) is 0.521. The fourth-order valence-corrected chi connectivity index (χ4v) is 0.498. The third-order valence-corrected chi connectivity index (χ3v) is 1.93. The summed E-state index contributed by atoms with van der Waals surface area (Å²) in [6, 6.07) is 0. The summed E-state index contributed by atoms with van der Waals surface area (Å²) in [6.07, 6.45) is 1.68.